The molecule has 3 fully saturated rings. The first-order valence-electron chi connectivity index (χ1n) is 12.0. The van der Waals surface area contributed by atoms with Gasteiger partial charge in [-0.25, -0.2) is 19.2 Å². The maximum absolute atomic E-state index is 15.1. The van der Waals surface area contributed by atoms with E-state index in [2.05, 4.69) is 25.1 Å². The van der Waals surface area contributed by atoms with Crippen LogP contribution >= 0.6 is 0 Å². The zero-order valence-corrected chi connectivity index (χ0v) is 20.1. The number of anilines is 4. The van der Waals surface area contributed by atoms with Gasteiger partial charge in [0.1, 0.15) is 11.9 Å². The first kappa shape index (κ1) is 24.0. The van der Waals surface area contributed by atoms with Crippen molar-refractivity contribution in [2.24, 2.45) is 0 Å². The van der Waals surface area contributed by atoms with E-state index in [4.69, 9.17) is 14.5 Å². The van der Waals surface area contributed by atoms with E-state index in [-0.39, 0.29) is 24.8 Å². The molecule has 3 aliphatic heterocycles. The molecule has 0 aromatic carbocycles. The number of morpholine rings is 1. The first-order chi connectivity index (χ1) is 17.5. The Hall–Kier alpha value is -3.74. The molecule has 1 N–H and O–H groups in total. The zero-order chi connectivity index (χ0) is 25.1. The van der Waals surface area contributed by atoms with Crippen LogP contribution in [0.3, 0.4) is 0 Å². The molecule has 0 bridgehead atoms. The molecule has 3 aliphatic rings. The number of pyridine rings is 1. The predicted molar refractivity (Wildman–Crippen MR) is 130 cm³/mol. The molecule has 36 heavy (non-hydrogen) atoms. The van der Waals surface area contributed by atoms with Crippen LogP contribution in [0.2, 0.25) is 0 Å². The quantitative estimate of drug-likeness (QED) is 0.606. The Balaban J connectivity index is 1.20. The molecule has 0 radical (unpaired) electrons. The van der Waals surface area contributed by atoms with Gasteiger partial charge in [0, 0.05) is 58.5 Å². The third kappa shape index (κ3) is 5.25. The van der Waals surface area contributed by atoms with Gasteiger partial charge in [0.15, 0.2) is 11.6 Å². The number of nitrogens with zero attached hydrogens (tertiary/aromatic N) is 7. The molecule has 0 aliphatic carbocycles. The standard InChI is InChI=1S/C23H29FN8O4/c1-16(33)26-14-18-15-32(23(34)36-18)17-12-19(24)21(27-13-17)30-6-4-29(5-7-30)20-2-3-25-22(28-20)31-8-10-35-11-9-31/h2-3,12-13,18H,4-11,14-15H2,1H3,(H,26,33)/t18-/m0/s1. The van der Waals surface area contributed by atoms with E-state index in [1.54, 1.807) is 6.20 Å². The highest BCUT2D eigenvalue weighted by Gasteiger charge is 2.33. The van der Waals surface area contributed by atoms with Gasteiger partial charge in [-0.3, -0.25) is 9.69 Å². The maximum Gasteiger partial charge on any atom is 0.414 e. The number of aromatic nitrogens is 3. The number of amides is 2. The lowest BCUT2D eigenvalue weighted by Crippen LogP contribution is -2.47. The molecule has 1 atom stereocenters. The summed E-state index contributed by atoms with van der Waals surface area (Å²) in [5.41, 5.74) is 0.321. The Morgan fingerprint density at radius 3 is 2.58 bits per heavy atom. The van der Waals surface area contributed by atoms with Gasteiger partial charge >= 0.3 is 6.09 Å². The van der Waals surface area contributed by atoms with Crippen molar-refractivity contribution in [3.63, 3.8) is 0 Å². The summed E-state index contributed by atoms with van der Waals surface area (Å²) in [6.07, 6.45) is 2.16. The van der Waals surface area contributed by atoms with E-state index >= 15 is 4.39 Å². The Morgan fingerprint density at radius 1 is 1.11 bits per heavy atom. The van der Waals surface area contributed by atoms with Crippen LogP contribution < -0.4 is 24.9 Å². The van der Waals surface area contributed by atoms with Crippen molar-refractivity contribution >= 4 is 35.3 Å². The van der Waals surface area contributed by atoms with Gasteiger partial charge in [0.25, 0.3) is 0 Å². The number of piperazine rings is 1. The zero-order valence-electron chi connectivity index (χ0n) is 20.1. The van der Waals surface area contributed by atoms with Crippen molar-refractivity contribution in [1.29, 1.82) is 0 Å². The summed E-state index contributed by atoms with van der Waals surface area (Å²) in [4.78, 5) is 44.3. The van der Waals surface area contributed by atoms with Crippen molar-refractivity contribution < 1.29 is 23.5 Å². The summed E-state index contributed by atoms with van der Waals surface area (Å²) >= 11 is 0. The molecule has 5 heterocycles. The average Bonchev–Trinajstić information content (AvgIpc) is 3.28. The fourth-order valence-electron chi connectivity index (χ4n) is 4.48. The summed E-state index contributed by atoms with van der Waals surface area (Å²) in [6, 6.07) is 3.19. The van der Waals surface area contributed by atoms with Crippen molar-refractivity contribution in [3.05, 3.63) is 30.3 Å². The SMILES string of the molecule is CC(=O)NC[C@H]1CN(c2cnc(N3CCN(c4ccnc(N5CCOCC5)n4)CC3)c(F)c2)C(=O)O1. The predicted octanol–water partition coefficient (Wildman–Crippen LogP) is 0.635. The van der Waals surface area contributed by atoms with Crippen LogP contribution in [0, 0.1) is 5.82 Å². The average molecular weight is 501 g/mol. The second-order valence-corrected chi connectivity index (χ2v) is 8.84. The molecule has 0 spiro atoms. The van der Waals surface area contributed by atoms with E-state index in [0.29, 0.717) is 51.0 Å². The number of carbonyl (C=O) groups excluding carboxylic acids is 2. The van der Waals surface area contributed by atoms with E-state index in [1.807, 2.05) is 11.0 Å². The molecule has 3 saturated heterocycles. The van der Waals surface area contributed by atoms with Crippen molar-refractivity contribution in [2.45, 2.75) is 13.0 Å². The number of nitrogens with one attached hydrogen (secondary N) is 1. The minimum atomic E-state index is -0.589. The number of hydrogen-bond acceptors (Lipinski definition) is 10. The van der Waals surface area contributed by atoms with Crippen molar-refractivity contribution in [1.82, 2.24) is 20.3 Å². The molecule has 13 heteroatoms. The number of ether oxygens (including phenoxy) is 2. The Kier molecular flexibility index (Phi) is 6.98. The largest absolute Gasteiger partial charge is 0.442 e. The van der Waals surface area contributed by atoms with Crippen LogP contribution in [0.1, 0.15) is 6.92 Å². The van der Waals surface area contributed by atoms with Crippen molar-refractivity contribution in [3.8, 4) is 0 Å². The third-order valence-corrected chi connectivity index (χ3v) is 6.40. The topological polar surface area (TPSA) is 116 Å². The smallest absolute Gasteiger partial charge is 0.414 e. The van der Waals surface area contributed by atoms with Gasteiger partial charge in [-0.05, 0) is 6.07 Å². The molecule has 2 amide bonds. The van der Waals surface area contributed by atoms with E-state index in [1.165, 1.54) is 24.1 Å². The van der Waals surface area contributed by atoms with Crippen LogP contribution in [-0.4, -0.2) is 98.6 Å². The van der Waals surface area contributed by atoms with Gasteiger partial charge in [0.2, 0.25) is 11.9 Å². The Labute approximate surface area is 208 Å². The second kappa shape index (κ2) is 10.5. The number of rotatable bonds is 6. The van der Waals surface area contributed by atoms with E-state index in [9.17, 15) is 9.59 Å². The highest BCUT2D eigenvalue weighted by Crippen LogP contribution is 2.27. The molecular formula is C23H29FN8O4. The fraction of sp³-hybridized carbons (Fsp3) is 0.522. The van der Waals surface area contributed by atoms with Crippen LogP contribution in [0.4, 0.5) is 32.5 Å². The fourth-order valence-corrected chi connectivity index (χ4v) is 4.48. The first-order valence-corrected chi connectivity index (χ1v) is 12.0. The lowest BCUT2D eigenvalue weighted by atomic mass is 10.2. The molecule has 0 unspecified atom stereocenters. The molecule has 5 rings (SSSR count). The molecule has 0 saturated carbocycles. The normalized spacial score (nSPS) is 20.5. The minimum Gasteiger partial charge on any atom is -0.442 e. The molecule has 2 aromatic rings. The van der Waals surface area contributed by atoms with Crippen LogP contribution in [-0.2, 0) is 14.3 Å². The van der Waals surface area contributed by atoms with Gasteiger partial charge in [-0.2, -0.15) is 4.98 Å². The summed E-state index contributed by atoms with van der Waals surface area (Å²) in [6.45, 7) is 7.14. The van der Waals surface area contributed by atoms with Gasteiger partial charge < -0.3 is 29.5 Å². The van der Waals surface area contributed by atoms with Gasteiger partial charge in [-0.1, -0.05) is 0 Å². The second-order valence-electron chi connectivity index (χ2n) is 8.84. The molecular weight excluding hydrogens is 471 g/mol. The monoisotopic (exact) mass is 500 g/mol. The highest BCUT2D eigenvalue weighted by atomic mass is 19.1. The summed E-state index contributed by atoms with van der Waals surface area (Å²) < 4.78 is 25.7. The minimum absolute atomic E-state index is 0.204. The lowest BCUT2D eigenvalue weighted by Gasteiger charge is -2.36. The summed E-state index contributed by atoms with van der Waals surface area (Å²) in [5.74, 6) is 1.07. The molecule has 2 aromatic heterocycles. The Morgan fingerprint density at radius 2 is 1.86 bits per heavy atom. The van der Waals surface area contributed by atoms with Crippen LogP contribution in [0.25, 0.3) is 0 Å². The van der Waals surface area contributed by atoms with Crippen LogP contribution in [0.15, 0.2) is 24.5 Å². The molecule has 192 valence electrons. The van der Waals surface area contributed by atoms with E-state index < -0.39 is 18.0 Å². The van der Waals surface area contributed by atoms with Crippen LogP contribution in [0.5, 0.6) is 0 Å². The van der Waals surface area contributed by atoms with Gasteiger partial charge in [0.05, 0.1) is 38.2 Å². The van der Waals surface area contributed by atoms with E-state index in [0.717, 1.165) is 18.9 Å². The lowest BCUT2D eigenvalue weighted by molar-refractivity contribution is -0.119. The van der Waals surface area contributed by atoms with Crippen molar-refractivity contribution in [2.75, 3.05) is 85.2 Å². The summed E-state index contributed by atoms with van der Waals surface area (Å²) in [5, 5.41) is 2.62. The number of halogens is 1. The highest BCUT2D eigenvalue weighted by molar-refractivity contribution is 5.89. The number of hydrogen-bond donors (Lipinski definition) is 1. The van der Waals surface area contributed by atoms with Gasteiger partial charge in [-0.15, -0.1) is 0 Å². The third-order valence-electron chi connectivity index (χ3n) is 6.40. The number of carbonyl (C=O) groups is 2. The maximum atomic E-state index is 15.1. The Bertz CT molecular complexity index is 1110. The number of cyclic esters (lactones) is 1. The summed E-state index contributed by atoms with van der Waals surface area (Å²) in [7, 11) is 0. The molecule has 12 nitrogen and oxygen atoms in total.